The molecule has 131 heavy (non-hydrogen) atoms. The summed E-state index contributed by atoms with van der Waals surface area (Å²) < 4.78 is 0. The van der Waals surface area contributed by atoms with Gasteiger partial charge >= 0.3 is 36.0 Å². The van der Waals surface area contributed by atoms with Crippen LogP contribution in [0.3, 0.4) is 0 Å². The summed E-state index contributed by atoms with van der Waals surface area (Å²) in [7, 11) is 0. The summed E-state index contributed by atoms with van der Waals surface area (Å²) >= 11 is 0. The SMILES string of the molecule is CC(C)C[C@H](NC(=O)[C@@H](NC(=O)N[C@@H](Cc1ccccc1)C(=O)O)C1CCN=C(N)N1)C(=O)N[C@H](C=O)Cc1ccccc1.CC(C)[C@H](NC(=O)[C@@H](NC(=O)N[C@@H](Cc1ccccc1)C(=O)O)C1CCN=C(N)N1)C(=O)N[C@H](C=O)Cc1ccccc1.CC[C@H](C)[C@H](NC(=O)[C@@H](NC(=O)N[C@@H](Cc1ccccc1)C(=O)O)C1CCN=C(N)N1)C(=O)N[C@H](C=O)Cc1ccccc1. The Kier molecular flexibility index (Phi) is 42.3. The fourth-order valence-corrected chi connectivity index (χ4v) is 14.4. The molecule has 0 aliphatic carbocycles. The summed E-state index contributed by atoms with van der Waals surface area (Å²) in [4.78, 5) is 204. The zero-order valence-corrected chi connectivity index (χ0v) is 73.9. The number of aldehydes is 3. The Balaban J connectivity index is 0.000000269. The van der Waals surface area contributed by atoms with Crippen LogP contribution >= 0.6 is 0 Å². The number of rotatable bonds is 44. The number of urea groups is 3. The largest absolute Gasteiger partial charge is 0.480 e. The van der Waals surface area contributed by atoms with Crippen LogP contribution in [0.5, 0.6) is 0 Å². The van der Waals surface area contributed by atoms with Crippen LogP contribution < -0.4 is 97.0 Å². The zero-order valence-electron chi connectivity index (χ0n) is 73.9. The summed E-state index contributed by atoms with van der Waals surface area (Å²) in [5.74, 6) is -7.93. The number of benzene rings is 6. The normalized spacial score (nSPS) is 17.3. The summed E-state index contributed by atoms with van der Waals surface area (Å²) in [6.45, 7) is 11.8. The molecule has 0 aromatic heterocycles. The maximum atomic E-state index is 13.7. The molecule has 24 N–H and O–H groups in total. The minimum Gasteiger partial charge on any atom is -0.480 e. The van der Waals surface area contributed by atoms with Gasteiger partial charge in [-0.1, -0.05) is 230 Å². The monoisotopic (exact) mass is 1810 g/mol. The average Bonchev–Trinajstić information content (AvgIpc) is 0.833. The van der Waals surface area contributed by atoms with Gasteiger partial charge in [-0.2, -0.15) is 0 Å². The number of carbonyl (C=O) groups is 15. The van der Waals surface area contributed by atoms with Crippen LogP contribution in [0.4, 0.5) is 14.4 Å². The summed E-state index contributed by atoms with van der Waals surface area (Å²) in [5, 5.41) is 69.1. The highest BCUT2D eigenvalue weighted by molar-refractivity contribution is 5.98. The Hall–Kier alpha value is -14.8. The first-order valence-corrected chi connectivity index (χ1v) is 43.2. The lowest BCUT2D eigenvalue weighted by Gasteiger charge is -2.33. The number of aliphatic imine (C=N–C) groups is 3. The molecule has 3 aliphatic rings. The Morgan fingerprint density at radius 2 is 0.603 bits per heavy atom. The molecule has 0 bridgehead atoms. The van der Waals surface area contributed by atoms with Gasteiger partial charge in [0.05, 0.1) is 36.3 Å². The second-order valence-electron chi connectivity index (χ2n) is 32.6. The Morgan fingerprint density at radius 1 is 0.344 bits per heavy atom. The van der Waals surface area contributed by atoms with E-state index < -0.39 is 162 Å². The van der Waals surface area contributed by atoms with Crippen molar-refractivity contribution in [3.8, 4) is 0 Å². The van der Waals surface area contributed by atoms with E-state index in [1.54, 1.807) is 112 Å². The van der Waals surface area contributed by atoms with Crippen LogP contribution in [0.15, 0.2) is 197 Å². The molecular weight excluding hydrogens is 1690 g/mol. The number of nitrogens with one attached hydrogen (secondary N) is 15. The van der Waals surface area contributed by atoms with Crippen molar-refractivity contribution in [2.45, 2.75) is 203 Å². The van der Waals surface area contributed by atoms with Crippen LogP contribution in [-0.4, -0.2) is 234 Å². The number of hydrogen-bond acceptors (Lipinski definition) is 24. The highest BCUT2D eigenvalue weighted by Gasteiger charge is 2.41. The molecule has 0 radical (unpaired) electrons. The summed E-state index contributed by atoms with van der Waals surface area (Å²) in [6, 6.07) is 36.2. The fourth-order valence-electron chi connectivity index (χ4n) is 14.4. The molecule has 0 saturated heterocycles. The van der Waals surface area contributed by atoms with Gasteiger partial charge in [0.25, 0.3) is 0 Å². The number of hydrogen-bond donors (Lipinski definition) is 21. The van der Waals surface area contributed by atoms with Crippen molar-refractivity contribution in [1.29, 1.82) is 0 Å². The molecule has 16 atom stereocenters. The maximum Gasteiger partial charge on any atom is 0.326 e. The molecule has 3 heterocycles. The third-order valence-corrected chi connectivity index (χ3v) is 21.5. The third-order valence-electron chi connectivity index (χ3n) is 21.5. The Bertz CT molecular complexity index is 4850. The van der Waals surface area contributed by atoms with Crippen LogP contribution in [0, 0.1) is 17.8 Å². The number of amides is 12. The lowest BCUT2D eigenvalue weighted by molar-refractivity contribution is -0.140. The molecule has 702 valence electrons. The first-order chi connectivity index (χ1) is 62.7. The second kappa shape index (κ2) is 53.7. The lowest BCUT2D eigenvalue weighted by Crippen LogP contribution is -2.65. The molecular formula is C92H121N21O18. The quantitative estimate of drug-likeness (QED) is 0.0238. The number of nitrogens with zero attached hydrogens (tertiary/aromatic N) is 3. The van der Waals surface area contributed by atoms with E-state index in [1.807, 2.05) is 112 Å². The molecule has 12 amide bonds. The predicted molar refractivity (Wildman–Crippen MR) is 489 cm³/mol. The number of aliphatic carboxylic acids is 3. The average molecular weight is 1810 g/mol. The van der Waals surface area contributed by atoms with Crippen molar-refractivity contribution >= 4 is 108 Å². The van der Waals surface area contributed by atoms with Gasteiger partial charge in [0.1, 0.15) is 73.2 Å². The Morgan fingerprint density at radius 3 is 0.855 bits per heavy atom. The van der Waals surface area contributed by atoms with Gasteiger partial charge < -0.3 is 127 Å². The van der Waals surface area contributed by atoms with E-state index in [0.29, 0.717) is 67.8 Å². The molecule has 3 unspecified atom stereocenters. The second-order valence-corrected chi connectivity index (χ2v) is 32.6. The first kappa shape index (κ1) is 103. The molecule has 39 nitrogen and oxygen atoms in total. The van der Waals surface area contributed by atoms with Crippen molar-refractivity contribution in [3.63, 3.8) is 0 Å². The molecule has 6 aromatic carbocycles. The lowest BCUT2D eigenvalue weighted by atomic mass is 9.96. The minimum atomic E-state index is -1.27. The van der Waals surface area contributed by atoms with Gasteiger partial charge in [-0.15, -0.1) is 0 Å². The molecule has 0 fully saturated rings. The number of carbonyl (C=O) groups excluding carboxylic acids is 12. The fraction of sp³-hybridized carbons (Fsp3) is 0.413. The molecule has 39 heteroatoms. The molecule has 0 saturated carbocycles. The van der Waals surface area contributed by atoms with E-state index in [0.717, 1.165) is 16.7 Å². The van der Waals surface area contributed by atoms with Gasteiger partial charge in [0, 0.05) is 38.9 Å². The number of nitrogens with two attached hydrogens (primary N) is 3. The van der Waals surface area contributed by atoms with E-state index in [2.05, 4.69) is 94.7 Å². The van der Waals surface area contributed by atoms with Gasteiger partial charge in [-0.25, -0.2) is 28.8 Å². The van der Waals surface area contributed by atoms with Crippen molar-refractivity contribution in [3.05, 3.63) is 215 Å². The van der Waals surface area contributed by atoms with Gasteiger partial charge in [-0.3, -0.25) is 43.7 Å². The van der Waals surface area contributed by atoms with Crippen LogP contribution in [-0.2, 0) is 96.1 Å². The molecule has 6 aromatic rings. The standard InChI is InChI=1S/2C31H41N7O6.C30H39N7O6/c1-19(2)15-24(27(40)34-22(18-39)16-20-9-5-3-6-10-20)35-28(41)26(23-13-14-33-30(32)36-23)38-31(44)37-25(29(42)43)17-21-11-7-4-8-12-21;1-3-19(2)25(27(40)34-22(18-39)16-20-10-6-4-7-11-20)37-28(41)26(23-14-15-33-30(32)35-23)38-31(44)36-24(29(42)43)17-21-12-8-5-9-13-21;1-18(2)24(26(39)33-21(17-38)15-19-9-5-3-6-10-19)36-27(40)25(22-13-14-32-29(31)34-22)37-30(43)35-23(28(41)42)16-20-11-7-4-8-12-20/h3-12,18-19,22-26H,13-17H2,1-2H3,(H,34,40)(H,35,41)(H,42,43)(H3,32,33,36)(H2,37,38,44);4-13,18-19,22-26H,3,14-17H2,1-2H3,(H,34,40)(H,37,41)(H,42,43)(H3,32,33,35)(H2,36,38,44);3-12,17-18,21-25H,13-16H2,1-2H3,(H,33,39)(H,36,40)(H,41,42)(H3,31,32,34)(H2,35,37,43)/t22-,23?,24-,25-,26-;19-,22-,23?,24-,25-,26-;21-,22?,23-,24-,25-/m000/s1. The van der Waals surface area contributed by atoms with Crippen molar-refractivity contribution in [1.82, 2.24) is 79.8 Å². The minimum absolute atomic E-state index is 0.00513. The zero-order chi connectivity index (χ0) is 95.5. The van der Waals surface area contributed by atoms with Crippen LogP contribution in [0.25, 0.3) is 0 Å². The topological polar surface area (TPSA) is 612 Å². The number of carboxylic acid groups (broad SMARTS) is 3. The number of carboxylic acids is 3. The summed E-state index contributed by atoms with van der Waals surface area (Å²) in [6.07, 6.45) is 4.63. The van der Waals surface area contributed by atoms with Gasteiger partial charge in [0.2, 0.25) is 35.4 Å². The smallest absolute Gasteiger partial charge is 0.326 e. The van der Waals surface area contributed by atoms with Crippen molar-refractivity contribution in [2.24, 2.45) is 49.9 Å². The molecule has 3 aliphatic heterocycles. The van der Waals surface area contributed by atoms with E-state index >= 15 is 0 Å². The number of guanidine groups is 3. The predicted octanol–water partition coefficient (Wildman–Crippen LogP) is 1.06. The summed E-state index contributed by atoms with van der Waals surface area (Å²) in [5.41, 5.74) is 22.2. The maximum absolute atomic E-state index is 13.7. The van der Waals surface area contributed by atoms with E-state index in [9.17, 15) is 87.2 Å². The van der Waals surface area contributed by atoms with Crippen molar-refractivity contribution < 1.29 is 87.2 Å². The van der Waals surface area contributed by atoms with E-state index in [4.69, 9.17) is 17.2 Å². The highest BCUT2D eigenvalue weighted by atomic mass is 16.4. The van der Waals surface area contributed by atoms with E-state index in [1.165, 1.54) is 0 Å². The third kappa shape index (κ3) is 35.7. The van der Waals surface area contributed by atoms with Gasteiger partial charge in [-0.05, 0) is 96.1 Å². The Labute approximate surface area is 759 Å². The van der Waals surface area contributed by atoms with Crippen LogP contribution in [0.2, 0.25) is 0 Å². The van der Waals surface area contributed by atoms with Crippen molar-refractivity contribution in [2.75, 3.05) is 19.6 Å². The highest BCUT2D eigenvalue weighted by Crippen LogP contribution is 2.18. The van der Waals surface area contributed by atoms with E-state index in [-0.39, 0.29) is 93.7 Å². The first-order valence-electron chi connectivity index (χ1n) is 43.2. The molecule has 0 spiro atoms. The molecule has 9 rings (SSSR count). The van der Waals surface area contributed by atoms with Crippen LogP contribution in [0.1, 0.15) is 107 Å². The van der Waals surface area contributed by atoms with Gasteiger partial charge in [0.15, 0.2) is 17.9 Å².